The van der Waals surface area contributed by atoms with Gasteiger partial charge >= 0.3 is 5.97 Å². The molecule has 0 atom stereocenters. The Kier molecular flexibility index (Phi) is 4.82. The molecule has 1 aromatic heterocycles. The fourth-order valence-electron chi connectivity index (χ4n) is 2.21. The fraction of sp³-hybridized carbons (Fsp3) is 0.200. The van der Waals surface area contributed by atoms with Crippen LogP contribution < -0.4 is 0 Å². The second-order valence-electron chi connectivity index (χ2n) is 4.96. The first-order valence-corrected chi connectivity index (χ1v) is 8.66. The minimum absolute atomic E-state index is 0.135. The molecular formula is C15H10F2N2O4S2. The van der Waals surface area contributed by atoms with Gasteiger partial charge in [0.1, 0.15) is 0 Å². The van der Waals surface area contributed by atoms with Crippen LogP contribution in [-0.4, -0.2) is 33.6 Å². The van der Waals surface area contributed by atoms with Crippen LogP contribution in [0.2, 0.25) is 0 Å². The number of halogens is 2. The van der Waals surface area contributed by atoms with Gasteiger partial charge in [-0.2, -0.15) is 8.78 Å². The molecule has 1 aromatic carbocycles. The van der Waals surface area contributed by atoms with Crippen molar-refractivity contribution < 1.29 is 28.0 Å². The maximum Gasteiger partial charge on any atom is 0.338 e. The molecule has 0 N–H and O–H groups in total. The summed E-state index contributed by atoms with van der Waals surface area (Å²) in [5.74, 6) is -4.90. The van der Waals surface area contributed by atoms with Crippen LogP contribution >= 0.6 is 23.1 Å². The van der Waals surface area contributed by atoms with Crippen LogP contribution in [0.3, 0.4) is 0 Å². The van der Waals surface area contributed by atoms with Gasteiger partial charge in [0.15, 0.2) is 4.34 Å². The van der Waals surface area contributed by atoms with Crippen LogP contribution in [0.15, 0.2) is 28.6 Å². The zero-order valence-corrected chi connectivity index (χ0v) is 14.3. The average molecular weight is 384 g/mol. The normalized spacial score (nSPS) is 13.5. The number of fused-ring (bicyclic) bond motifs is 1. The van der Waals surface area contributed by atoms with E-state index in [2.05, 4.69) is 4.98 Å². The summed E-state index contributed by atoms with van der Waals surface area (Å²) >= 11 is 1.23. The highest BCUT2D eigenvalue weighted by atomic mass is 32.2. The minimum Gasteiger partial charge on any atom is -0.329 e. The van der Waals surface area contributed by atoms with E-state index in [9.17, 15) is 23.2 Å². The molecule has 6 nitrogen and oxygen atoms in total. The van der Waals surface area contributed by atoms with E-state index < -0.39 is 23.5 Å². The Morgan fingerprint density at radius 1 is 1.28 bits per heavy atom. The molecule has 1 aliphatic heterocycles. The molecule has 10 heteroatoms. The Morgan fingerprint density at radius 3 is 2.44 bits per heavy atom. The van der Waals surface area contributed by atoms with Crippen molar-refractivity contribution >= 4 is 40.9 Å². The second-order valence-corrected chi connectivity index (χ2v) is 7.28. The van der Waals surface area contributed by atoms with Crippen molar-refractivity contribution in [3.8, 4) is 0 Å². The van der Waals surface area contributed by atoms with Crippen LogP contribution in [0, 0.1) is 6.92 Å². The molecule has 0 unspecified atom stereocenters. The van der Waals surface area contributed by atoms with E-state index in [4.69, 9.17) is 4.84 Å². The molecule has 0 bridgehead atoms. The third-order valence-electron chi connectivity index (χ3n) is 3.32. The molecule has 25 heavy (non-hydrogen) atoms. The van der Waals surface area contributed by atoms with Crippen molar-refractivity contribution in [2.45, 2.75) is 23.4 Å². The highest BCUT2D eigenvalue weighted by Crippen LogP contribution is 2.32. The van der Waals surface area contributed by atoms with Crippen molar-refractivity contribution in [1.29, 1.82) is 0 Å². The number of amides is 2. The third-order valence-corrected chi connectivity index (χ3v) is 5.28. The summed E-state index contributed by atoms with van der Waals surface area (Å²) in [6, 6.07) is 6.12. The number of alkyl halides is 2. The number of hydrogen-bond acceptors (Lipinski definition) is 7. The van der Waals surface area contributed by atoms with Crippen molar-refractivity contribution in [2.75, 3.05) is 0 Å². The quantitative estimate of drug-likeness (QED) is 0.583. The van der Waals surface area contributed by atoms with Gasteiger partial charge in [-0.3, -0.25) is 9.59 Å². The number of aryl methyl sites for hydroxylation is 1. The number of carbonyl (C=O) groups excluding carboxylic acids is 3. The first kappa shape index (κ1) is 17.5. The predicted molar refractivity (Wildman–Crippen MR) is 85.5 cm³/mol. The summed E-state index contributed by atoms with van der Waals surface area (Å²) < 4.78 is 24.9. The summed E-state index contributed by atoms with van der Waals surface area (Å²) in [6.45, 7) is 1.58. The summed E-state index contributed by atoms with van der Waals surface area (Å²) in [5.41, 5.74) is 0.738. The molecule has 2 heterocycles. The number of thioether (sulfide) groups is 1. The second kappa shape index (κ2) is 6.89. The largest absolute Gasteiger partial charge is 0.338 e. The maximum atomic E-state index is 12.4. The lowest BCUT2D eigenvalue weighted by Crippen LogP contribution is -2.33. The van der Waals surface area contributed by atoms with Gasteiger partial charge in [-0.15, -0.1) is 11.3 Å². The van der Waals surface area contributed by atoms with Gasteiger partial charge in [-0.05, 0) is 30.8 Å². The van der Waals surface area contributed by atoms with E-state index in [1.54, 1.807) is 19.1 Å². The third kappa shape index (κ3) is 3.54. The number of rotatable bonds is 5. The van der Waals surface area contributed by atoms with Crippen LogP contribution in [0.1, 0.15) is 31.3 Å². The Labute approximate surface area is 148 Å². The van der Waals surface area contributed by atoms with Gasteiger partial charge < -0.3 is 4.84 Å². The molecule has 0 spiro atoms. The molecule has 0 fully saturated rings. The van der Waals surface area contributed by atoms with Crippen LogP contribution in [0.5, 0.6) is 0 Å². The Morgan fingerprint density at radius 2 is 1.88 bits per heavy atom. The molecular weight excluding hydrogens is 374 g/mol. The minimum atomic E-state index is -2.61. The standard InChI is InChI=1S/C15H10F2N2O4S2/c1-7-10(24-15(18-7)25-14(16)17)6-11(20)23-19-12(21)8-4-2-3-5-9(8)13(19)22/h2-5,14H,6H2,1H3. The number of aromatic nitrogens is 1. The van der Waals surface area contributed by atoms with Crippen LogP contribution in [0.4, 0.5) is 8.78 Å². The number of hydrogen-bond donors (Lipinski definition) is 0. The van der Waals surface area contributed by atoms with E-state index in [0.29, 0.717) is 15.6 Å². The van der Waals surface area contributed by atoms with Gasteiger partial charge in [0.2, 0.25) is 0 Å². The fourth-order valence-corrected chi connectivity index (χ4v) is 4.04. The summed E-state index contributed by atoms with van der Waals surface area (Å²) in [5, 5.41) is 0.415. The Balaban J connectivity index is 1.69. The first-order valence-electron chi connectivity index (χ1n) is 6.96. The molecule has 3 rings (SSSR count). The molecule has 2 aromatic rings. The van der Waals surface area contributed by atoms with E-state index >= 15 is 0 Å². The Hall–Kier alpha value is -2.33. The van der Waals surface area contributed by atoms with Crippen LogP contribution in [0.25, 0.3) is 0 Å². The van der Waals surface area contributed by atoms with Gasteiger partial charge in [-0.25, -0.2) is 9.78 Å². The zero-order chi connectivity index (χ0) is 18.1. The molecule has 0 saturated carbocycles. The number of thiazole rings is 1. The van der Waals surface area contributed by atoms with Gasteiger partial charge in [0, 0.05) is 4.88 Å². The summed E-state index contributed by atoms with van der Waals surface area (Å²) in [4.78, 5) is 45.6. The average Bonchev–Trinajstić information content (AvgIpc) is 3.00. The summed E-state index contributed by atoms with van der Waals surface area (Å²) in [7, 11) is 0. The number of carbonyl (C=O) groups is 3. The lowest BCUT2D eigenvalue weighted by molar-refractivity contribution is -0.167. The van der Waals surface area contributed by atoms with Crippen LogP contribution in [-0.2, 0) is 16.1 Å². The molecule has 0 radical (unpaired) electrons. The zero-order valence-electron chi connectivity index (χ0n) is 12.7. The van der Waals surface area contributed by atoms with Crippen molar-refractivity contribution in [2.24, 2.45) is 0 Å². The predicted octanol–water partition coefficient (Wildman–Crippen LogP) is 3.06. The lowest BCUT2D eigenvalue weighted by Gasteiger charge is -2.12. The number of hydroxylamine groups is 2. The lowest BCUT2D eigenvalue weighted by atomic mass is 10.1. The number of benzene rings is 1. The van der Waals surface area contributed by atoms with E-state index in [1.165, 1.54) is 12.1 Å². The monoisotopic (exact) mass is 384 g/mol. The smallest absolute Gasteiger partial charge is 0.329 e. The van der Waals surface area contributed by atoms with E-state index in [0.717, 1.165) is 11.3 Å². The van der Waals surface area contributed by atoms with Gasteiger partial charge in [-0.1, -0.05) is 17.2 Å². The molecule has 2 amide bonds. The highest BCUT2D eigenvalue weighted by molar-refractivity contribution is 8.01. The van der Waals surface area contributed by atoms with E-state index in [-0.39, 0.29) is 33.6 Å². The van der Waals surface area contributed by atoms with Gasteiger partial charge in [0.25, 0.3) is 17.6 Å². The molecule has 130 valence electrons. The van der Waals surface area contributed by atoms with Crippen molar-refractivity contribution in [1.82, 2.24) is 10.0 Å². The topological polar surface area (TPSA) is 76.6 Å². The summed E-state index contributed by atoms with van der Waals surface area (Å²) in [6.07, 6.45) is -0.277. The molecule has 1 aliphatic rings. The SMILES string of the molecule is Cc1nc(SC(F)F)sc1CC(=O)ON1C(=O)c2ccccc2C1=O. The molecule has 0 saturated heterocycles. The highest BCUT2D eigenvalue weighted by Gasteiger charge is 2.38. The Bertz CT molecular complexity index is 834. The van der Waals surface area contributed by atoms with E-state index in [1.807, 2.05) is 0 Å². The maximum absolute atomic E-state index is 12.4. The number of imide groups is 1. The van der Waals surface area contributed by atoms with Crippen molar-refractivity contribution in [3.05, 3.63) is 46.0 Å². The molecule has 0 aliphatic carbocycles. The van der Waals surface area contributed by atoms with Crippen molar-refractivity contribution in [3.63, 3.8) is 0 Å². The first-order chi connectivity index (χ1) is 11.9. The van der Waals surface area contributed by atoms with Gasteiger partial charge in [0.05, 0.1) is 23.2 Å². The number of nitrogens with zero attached hydrogens (tertiary/aromatic N) is 2.